The first kappa shape index (κ1) is 24.0. The number of non-ortho nitro benzene ring substituents is 1. The van der Waals surface area contributed by atoms with E-state index in [9.17, 15) is 10.1 Å². The molecule has 154 valence electrons. The highest BCUT2D eigenvalue weighted by molar-refractivity contribution is 7.09. The van der Waals surface area contributed by atoms with Gasteiger partial charge in [0.1, 0.15) is 6.23 Å². The quantitative estimate of drug-likeness (QED) is 0.240. The molecule has 3 unspecified atom stereocenters. The topological polar surface area (TPSA) is 58.9 Å². The van der Waals surface area contributed by atoms with Crippen LogP contribution in [0, 0.1) is 10.1 Å². The summed E-state index contributed by atoms with van der Waals surface area (Å²) in [7, 11) is 2.43. The van der Waals surface area contributed by atoms with Gasteiger partial charge in [-0.25, -0.2) is 0 Å². The smallest absolute Gasteiger partial charge is 0.269 e. The van der Waals surface area contributed by atoms with Gasteiger partial charge in [-0.05, 0) is 61.0 Å². The fourth-order valence-corrected chi connectivity index (χ4v) is 4.30. The molecule has 0 aromatic heterocycles. The van der Waals surface area contributed by atoms with Crippen LogP contribution in [0.4, 0.5) is 5.69 Å². The minimum absolute atomic E-state index is 0.0619. The van der Waals surface area contributed by atoms with Crippen LogP contribution in [0.2, 0.25) is 0 Å². The highest BCUT2D eigenvalue weighted by Crippen LogP contribution is 2.35. The van der Waals surface area contributed by atoms with Gasteiger partial charge in [-0.15, -0.1) is 0 Å². The van der Waals surface area contributed by atoms with Gasteiger partial charge in [-0.1, -0.05) is 12.1 Å². The molecule has 0 saturated carbocycles. The Hall–Kier alpha value is -1.07. The molecule has 0 spiro atoms. The summed E-state index contributed by atoms with van der Waals surface area (Å²) in [6.45, 7) is 17.4. The lowest BCUT2D eigenvalue weighted by Gasteiger charge is -2.47. The zero-order valence-corrected chi connectivity index (χ0v) is 19.1. The van der Waals surface area contributed by atoms with Gasteiger partial charge in [-0.3, -0.25) is 19.9 Å². The molecule has 1 rings (SSSR count). The van der Waals surface area contributed by atoms with E-state index in [0.29, 0.717) is 0 Å². The van der Waals surface area contributed by atoms with Crippen LogP contribution in [0.1, 0.15) is 67.0 Å². The average Bonchev–Trinajstić information content (AvgIpc) is 2.56. The fraction of sp³-hybridized carbons (Fsp3) is 0.700. The van der Waals surface area contributed by atoms with Gasteiger partial charge in [-0.2, -0.15) is 0 Å². The third kappa shape index (κ3) is 5.95. The van der Waals surface area contributed by atoms with Crippen LogP contribution in [0.15, 0.2) is 24.3 Å². The van der Waals surface area contributed by atoms with Crippen molar-refractivity contribution in [1.29, 1.82) is 0 Å². The summed E-state index contributed by atoms with van der Waals surface area (Å²) < 4.78 is 5.98. The SMILES string of the molecule is CC(C)N(C(C)C)C(OP)C(c1ccc([N+](=O)[O-])cc1)N(C(C)C)C(C)C. The monoisotopic (exact) mass is 397 g/mol. The molecule has 0 bridgehead atoms. The molecule has 0 heterocycles. The Bertz CT molecular complexity index is 575. The summed E-state index contributed by atoms with van der Waals surface area (Å²) in [6, 6.07) is 7.96. The van der Waals surface area contributed by atoms with Crippen LogP contribution in [-0.4, -0.2) is 45.1 Å². The van der Waals surface area contributed by atoms with Gasteiger partial charge in [0.15, 0.2) is 0 Å². The molecule has 6 nitrogen and oxygen atoms in total. The van der Waals surface area contributed by atoms with E-state index < -0.39 is 0 Å². The summed E-state index contributed by atoms with van der Waals surface area (Å²) in [6.07, 6.45) is -0.207. The third-order valence-corrected chi connectivity index (χ3v) is 5.13. The standard InChI is InChI=1S/C20H36N3O3P/c1-13(2)21(14(3)4)19(17-9-11-18(12-10-17)23(24)25)20(26-27)22(15(5)6)16(7)8/h9-16,19-20H,27H2,1-8H3. The van der Waals surface area contributed by atoms with E-state index in [1.165, 1.54) is 0 Å². The molecule has 0 aliphatic carbocycles. The van der Waals surface area contributed by atoms with Crippen LogP contribution < -0.4 is 0 Å². The zero-order valence-electron chi connectivity index (χ0n) is 17.9. The Morgan fingerprint density at radius 3 is 1.56 bits per heavy atom. The second-order valence-electron chi connectivity index (χ2n) is 8.09. The van der Waals surface area contributed by atoms with Crippen molar-refractivity contribution in [3.8, 4) is 0 Å². The first-order valence-electron chi connectivity index (χ1n) is 9.67. The minimum Gasteiger partial charge on any atom is -0.345 e. The highest BCUT2D eigenvalue weighted by Gasteiger charge is 2.38. The van der Waals surface area contributed by atoms with Crippen molar-refractivity contribution >= 4 is 15.2 Å². The van der Waals surface area contributed by atoms with Crippen molar-refractivity contribution in [2.75, 3.05) is 0 Å². The third-order valence-electron chi connectivity index (χ3n) is 4.86. The van der Waals surface area contributed by atoms with Gasteiger partial charge in [0.2, 0.25) is 0 Å². The van der Waals surface area contributed by atoms with E-state index in [1.54, 1.807) is 12.1 Å². The lowest BCUT2D eigenvalue weighted by Crippen LogP contribution is -2.54. The Kier molecular flexibility index (Phi) is 9.29. The second kappa shape index (κ2) is 10.5. The Balaban J connectivity index is 3.53. The molecule has 7 heteroatoms. The van der Waals surface area contributed by atoms with Crippen LogP contribution in [0.25, 0.3) is 0 Å². The molecular formula is C20H36N3O3P. The maximum Gasteiger partial charge on any atom is 0.269 e. The first-order chi connectivity index (χ1) is 12.5. The number of benzene rings is 1. The number of rotatable bonds is 10. The maximum atomic E-state index is 11.1. The van der Waals surface area contributed by atoms with Gasteiger partial charge in [0, 0.05) is 45.8 Å². The molecule has 0 aliphatic rings. The molecule has 0 radical (unpaired) electrons. The Morgan fingerprint density at radius 1 is 0.852 bits per heavy atom. The second-order valence-corrected chi connectivity index (χ2v) is 8.36. The molecule has 1 aromatic rings. The van der Waals surface area contributed by atoms with Crippen molar-refractivity contribution in [3.63, 3.8) is 0 Å². The highest BCUT2D eigenvalue weighted by atomic mass is 31.0. The predicted octanol–water partition coefficient (Wildman–Crippen LogP) is 5.01. The number of nitro groups is 1. The summed E-state index contributed by atoms with van der Waals surface area (Å²) in [5.41, 5.74) is 1.12. The molecular weight excluding hydrogens is 361 g/mol. The molecule has 1 aromatic carbocycles. The summed E-state index contributed by atoms with van der Waals surface area (Å²) in [4.78, 5) is 15.5. The lowest BCUT2D eigenvalue weighted by molar-refractivity contribution is -0.384. The van der Waals surface area contributed by atoms with E-state index in [0.717, 1.165) is 5.56 Å². The van der Waals surface area contributed by atoms with Crippen molar-refractivity contribution in [2.45, 2.75) is 91.8 Å². The van der Waals surface area contributed by atoms with Crippen molar-refractivity contribution in [1.82, 2.24) is 9.80 Å². The van der Waals surface area contributed by atoms with Crippen LogP contribution >= 0.6 is 9.47 Å². The number of hydrogen-bond donors (Lipinski definition) is 0. The van der Waals surface area contributed by atoms with E-state index in [4.69, 9.17) is 4.52 Å². The lowest BCUT2D eigenvalue weighted by atomic mass is 9.97. The predicted molar refractivity (Wildman–Crippen MR) is 115 cm³/mol. The molecule has 0 fully saturated rings. The molecule has 0 saturated heterocycles. The van der Waals surface area contributed by atoms with Crippen LogP contribution in [0.3, 0.4) is 0 Å². The van der Waals surface area contributed by atoms with Gasteiger partial charge in [0.05, 0.1) is 11.0 Å². The normalized spacial score (nSPS) is 14.8. The zero-order chi connectivity index (χ0) is 20.9. The van der Waals surface area contributed by atoms with E-state index >= 15 is 0 Å². The van der Waals surface area contributed by atoms with Gasteiger partial charge in [0.25, 0.3) is 5.69 Å². The summed E-state index contributed by atoms with van der Waals surface area (Å²) in [5.74, 6) is 0. The average molecular weight is 398 g/mol. The Morgan fingerprint density at radius 2 is 1.26 bits per heavy atom. The summed E-state index contributed by atoms with van der Waals surface area (Å²) in [5, 5.41) is 11.1. The van der Waals surface area contributed by atoms with Crippen LogP contribution in [-0.2, 0) is 4.52 Å². The van der Waals surface area contributed by atoms with Gasteiger partial charge >= 0.3 is 0 Å². The maximum absolute atomic E-state index is 11.1. The minimum atomic E-state index is -0.361. The number of nitro benzene ring substituents is 1. The van der Waals surface area contributed by atoms with Crippen molar-refractivity contribution in [3.05, 3.63) is 39.9 Å². The molecule has 27 heavy (non-hydrogen) atoms. The fourth-order valence-electron chi connectivity index (χ4n) is 4.01. The number of hydrogen-bond acceptors (Lipinski definition) is 5. The largest absolute Gasteiger partial charge is 0.345 e. The molecule has 0 N–H and O–H groups in total. The van der Waals surface area contributed by atoms with E-state index in [-0.39, 0.29) is 47.0 Å². The molecule has 0 amide bonds. The van der Waals surface area contributed by atoms with Crippen molar-refractivity contribution in [2.24, 2.45) is 0 Å². The summed E-state index contributed by atoms with van der Waals surface area (Å²) >= 11 is 0. The van der Waals surface area contributed by atoms with E-state index in [1.807, 2.05) is 12.1 Å². The molecule has 0 aliphatic heterocycles. The first-order valence-corrected chi connectivity index (χ1v) is 10.1. The van der Waals surface area contributed by atoms with Crippen LogP contribution in [0.5, 0.6) is 0 Å². The number of nitrogens with zero attached hydrogens (tertiary/aromatic N) is 3. The van der Waals surface area contributed by atoms with Gasteiger partial charge < -0.3 is 4.52 Å². The van der Waals surface area contributed by atoms with Crippen molar-refractivity contribution < 1.29 is 9.45 Å². The molecule has 3 atom stereocenters. The Labute approximate surface area is 166 Å². The van der Waals surface area contributed by atoms with E-state index in [2.05, 4.69) is 74.7 Å².